The Morgan fingerprint density at radius 2 is 2.10 bits per heavy atom. The van der Waals surface area contributed by atoms with E-state index < -0.39 is 0 Å². The van der Waals surface area contributed by atoms with Gasteiger partial charge < -0.3 is 9.30 Å². The molecule has 21 heavy (non-hydrogen) atoms. The van der Waals surface area contributed by atoms with Crippen molar-refractivity contribution in [3.63, 3.8) is 0 Å². The van der Waals surface area contributed by atoms with Crippen LogP contribution in [0, 0.1) is 13.8 Å². The number of likely N-dealkylation sites (N-methyl/N-ethyl adjacent to an activating group) is 1. The molecular weight excluding hydrogens is 262 g/mol. The lowest BCUT2D eigenvalue weighted by atomic mass is 10.1. The average molecular weight is 287 g/mol. The van der Waals surface area contributed by atoms with Gasteiger partial charge in [0.15, 0.2) is 0 Å². The molecule has 0 amide bonds. The molecule has 0 aliphatic carbocycles. The number of nitrogens with zero attached hydrogens (tertiary/aromatic N) is 3. The van der Waals surface area contributed by atoms with Crippen molar-refractivity contribution in [1.82, 2.24) is 14.5 Å². The number of aromatic nitrogens is 2. The zero-order valence-corrected chi connectivity index (χ0v) is 13.5. The molecule has 0 atom stereocenters. The standard InChI is InChI=1S/C17H25N3O/c1-5-20-9-8-18-17(20)13-19(4)10-11-21-16-12-14(2)6-7-15(16)3/h6-9,12H,5,10-11,13H2,1-4H3. The van der Waals surface area contributed by atoms with Gasteiger partial charge in [-0.25, -0.2) is 4.98 Å². The first-order chi connectivity index (χ1) is 10.1. The number of benzene rings is 1. The van der Waals surface area contributed by atoms with Crippen molar-refractivity contribution in [2.75, 3.05) is 20.2 Å². The fraction of sp³-hybridized carbons (Fsp3) is 0.471. The Labute approximate surface area is 127 Å². The van der Waals surface area contributed by atoms with Crippen LogP contribution in [0.2, 0.25) is 0 Å². The van der Waals surface area contributed by atoms with Crippen LogP contribution in [-0.4, -0.2) is 34.7 Å². The van der Waals surface area contributed by atoms with Crippen LogP contribution >= 0.6 is 0 Å². The summed E-state index contributed by atoms with van der Waals surface area (Å²) >= 11 is 0. The maximum atomic E-state index is 5.90. The van der Waals surface area contributed by atoms with Crippen LogP contribution in [0.3, 0.4) is 0 Å². The van der Waals surface area contributed by atoms with Gasteiger partial charge in [-0.3, -0.25) is 4.90 Å². The lowest BCUT2D eigenvalue weighted by molar-refractivity contribution is 0.227. The van der Waals surface area contributed by atoms with Crippen LogP contribution in [0.5, 0.6) is 5.75 Å². The minimum atomic E-state index is 0.688. The Balaban J connectivity index is 1.81. The van der Waals surface area contributed by atoms with Gasteiger partial charge in [-0.15, -0.1) is 0 Å². The number of ether oxygens (including phenoxy) is 1. The molecule has 2 rings (SSSR count). The maximum Gasteiger partial charge on any atom is 0.122 e. The number of hydrogen-bond donors (Lipinski definition) is 0. The lowest BCUT2D eigenvalue weighted by Gasteiger charge is -2.18. The van der Waals surface area contributed by atoms with Crippen molar-refractivity contribution >= 4 is 0 Å². The van der Waals surface area contributed by atoms with E-state index in [-0.39, 0.29) is 0 Å². The minimum absolute atomic E-state index is 0.688. The molecule has 1 aromatic heterocycles. The van der Waals surface area contributed by atoms with Crippen LogP contribution in [0.1, 0.15) is 23.9 Å². The van der Waals surface area contributed by atoms with Gasteiger partial charge in [0.25, 0.3) is 0 Å². The lowest BCUT2D eigenvalue weighted by Crippen LogP contribution is -2.25. The largest absolute Gasteiger partial charge is 0.492 e. The van der Waals surface area contributed by atoms with Crippen LogP contribution < -0.4 is 4.74 Å². The van der Waals surface area contributed by atoms with Crippen molar-refractivity contribution in [1.29, 1.82) is 0 Å². The summed E-state index contributed by atoms with van der Waals surface area (Å²) in [6, 6.07) is 6.31. The Morgan fingerprint density at radius 1 is 1.29 bits per heavy atom. The molecule has 0 saturated heterocycles. The van der Waals surface area contributed by atoms with Gasteiger partial charge in [0, 0.05) is 25.5 Å². The molecule has 1 aromatic carbocycles. The molecule has 0 unspecified atom stereocenters. The predicted octanol–water partition coefficient (Wildman–Crippen LogP) is 3.03. The first-order valence-electron chi connectivity index (χ1n) is 7.48. The summed E-state index contributed by atoms with van der Waals surface area (Å²) in [6.07, 6.45) is 3.88. The number of imidazole rings is 1. The second kappa shape index (κ2) is 7.27. The Kier molecular flexibility index (Phi) is 5.39. The van der Waals surface area contributed by atoms with Crippen molar-refractivity contribution < 1.29 is 4.74 Å². The van der Waals surface area contributed by atoms with Gasteiger partial charge in [0.1, 0.15) is 18.2 Å². The highest BCUT2D eigenvalue weighted by atomic mass is 16.5. The van der Waals surface area contributed by atoms with Crippen molar-refractivity contribution in [3.8, 4) is 5.75 Å². The van der Waals surface area contributed by atoms with Gasteiger partial charge in [0.05, 0.1) is 6.54 Å². The fourth-order valence-electron chi connectivity index (χ4n) is 2.27. The monoisotopic (exact) mass is 287 g/mol. The highest BCUT2D eigenvalue weighted by Gasteiger charge is 2.06. The normalized spacial score (nSPS) is 11.1. The average Bonchev–Trinajstić information content (AvgIpc) is 2.89. The molecule has 1 heterocycles. The maximum absolute atomic E-state index is 5.90. The van der Waals surface area contributed by atoms with Gasteiger partial charge in [-0.2, -0.15) is 0 Å². The molecular formula is C17H25N3O. The minimum Gasteiger partial charge on any atom is -0.492 e. The summed E-state index contributed by atoms with van der Waals surface area (Å²) in [5.74, 6) is 2.09. The molecule has 4 heteroatoms. The molecule has 0 saturated carbocycles. The third kappa shape index (κ3) is 4.33. The van der Waals surface area contributed by atoms with Gasteiger partial charge in [0.2, 0.25) is 0 Å². The molecule has 0 radical (unpaired) electrons. The molecule has 2 aromatic rings. The van der Waals surface area contributed by atoms with Crippen LogP contribution in [0.25, 0.3) is 0 Å². The third-order valence-corrected chi connectivity index (χ3v) is 3.63. The molecule has 0 N–H and O–H groups in total. The van der Waals surface area contributed by atoms with E-state index in [0.29, 0.717) is 6.61 Å². The van der Waals surface area contributed by atoms with Gasteiger partial charge in [-0.05, 0) is 45.0 Å². The van der Waals surface area contributed by atoms with Gasteiger partial charge >= 0.3 is 0 Å². The second-order valence-electron chi connectivity index (χ2n) is 5.48. The van der Waals surface area contributed by atoms with Crippen molar-refractivity contribution in [2.24, 2.45) is 0 Å². The highest BCUT2D eigenvalue weighted by Crippen LogP contribution is 2.18. The SMILES string of the molecule is CCn1ccnc1CN(C)CCOc1cc(C)ccc1C. The van der Waals surface area contributed by atoms with Gasteiger partial charge in [-0.1, -0.05) is 12.1 Å². The first-order valence-corrected chi connectivity index (χ1v) is 7.48. The fourth-order valence-corrected chi connectivity index (χ4v) is 2.27. The summed E-state index contributed by atoms with van der Waals surface area (Å²) < 4.78 is 8.06. The number of rotatable bonds is 7. The zero-order chi connectivity index (χ0) is 15.2. The summed E-state index contributed by atoms with van der Waals surface area (Å²) in [7, 11) is 2.10. The molecule has 114 valence electrons. The first kappa shape index (κ1) is 15.6. The highest BCUT2D eigenvalue weighted by molar-refractivity contribution is 5.35. The van der Waals surface area contributed by atoms with Crippen LogP contribution in [0.4, 0.5) is 0 Å². The van der Waals surface area contributed by atoms with E-state index in [9.17, 15) is 0 Å². The van der Waals surface area contributed by atoms with E-state index in [0.717, 1.165) is 31.2 Å². The van der Waals surface area contributed by atoms with Crippen molar-refractivity contribution in [2.45, 2.75) is 33.9 Å². The molecule has 0 fully saturated rings. The van der Waals surface area contributed by atoms with Crippen LogP contribution in [0.15, 0.2) is 30.6 Å². The van der Waals surface area contributed by atoms with E-state index >= 15 is 0 Å². The number of aryl methyl sites for hydroxylation is 3. The number of hydrogen-bond acceptors (Lipinski definition) is 3. The third-order valence-electron chi connectivity index (χ3n) is 3.63. The Morgan fingerprint density at radius 3 is 2.86 bits per heavy atom. The van der Waals surface area contributed by atoms with E-state index in [4.69, 9.17) is 4.74 Å². The predicted molar refractivity (Wildman–Crippen MR) is 85.6 cm³/mol. The van der Waals surface area contributed by atoms with Crippen molar-refractivity contribution in [3.05, 3.63) is 47.5 Å². The Hall–Kier alpha value is -1.81. The summed E-state index contributed by atoms with van der Waals surface area (Å²) in [5.41, 5.74) is 2.42. The Bertz CT molecular complexity index is 577. The topological polar surface area (TPSA) is 30.3 Å². The smallest absolute Gasteiger partial charge is 0.122 e. The second-order valence-corrected chi connectivity index (χ2v) is 5.48. The summed E-state index contributed by atoms with van der Waals surface area (Å²) in [6.45, 7) is 9.67. The molecule has 0 spiro atoms. The molecule has 0 aliphatic heterocycles. The molecule has 0 aliphatic rings. The molecule has 0 bridgehead atoms. The van der Waals surface area contributed by atoms with E-state index in [1.807, 2.05) is 12.4 Å². The van der Waals surface area contributed by atoms with E-state index in [1.165, 1.54) is 11.1 Å². The van der Waals surface area contributed by atoms with E-state index in [1.54, 1.807) is 0 Å². The zero-order valence-electron chi connectivity index (χ0n) is 13.5. The molecule has 4 nitrogen and oxygen atoms in total. The quantitative estimate of drug-likeness (QED) is 0.784. The van der Waals surface area contributed by atoms with E-state index in [2.05, 4.69) is 60.5 Å². The summed E-state index contributed by atoms with van der Waals surface area (Å²) in [4.78, 5) is 6.64. The summed E-state index contributed by atoms with van der Waals surface area (Å²) in [5, 5.41) is 0. The van der Waals surface area contributed by atoms with Crippen LogP contribution in [-0.2, 0) is 13.1 Å².